The fraction of sp³-hybridized carbons (Fsp3) is 0.455. The highest BCUT2D eigenvalue weighted by Gasteiger charge is 2.30. The molecular weight excluding hydrogens is 264 g/mol. The van der Waals surface area contributed by atoms with E-state index in [0.29, 0.717) is 5.41 Å². The summed E-state index contributed by atoms with van der Waals surface area (Å²) in [7, 11) is 0. The summed E-state index contributed by atoms with van der Waals surface area (Å²) in [5.41, 5.74) is 3.49. The number of rotatable bonds is 4. The highest BCUT2D eigenvalue weighted by molar-refractivity contribution is 5.21. The zero-order valence-electron chi connectivity index (χ0n) is 13.6. The molecule has 3 rings (SSSR count). The molecule has 1 aliphatic rings. The average Bonchev–Trinajstić information content (AvgIpc) is 2.53. The Morgan fingerprint density at radius 2 is 0.955 bits per heavy atom. The molecule has 2 aromatic rings. The maximum atomic E-state index is 2.31. The second-order valence-electron chi connectivity index (χ2n) is 7.09. The van der Waals surface area contributed by atoms with Gasteiger partial charge in [0.2, 0.25) is 0 Å². The van der Waals surface area contributed by atoms with Gasteiger partial charge >= 0.3 is 0 Å². The van der Waals surface area contributed by atoms with Crippen molar-refractivity contribution >= 4 is 0 Å². The number of hydrogen-bond acceptors (Lipinski definition) is 0. The minimum atomic E-state index is 0.461. The number of benzene rings is 2. The Morgan fingerprint density at radius 3 is 1.41 bits per heavy atom. The molecule has 0 aliphatic heterocycles. The zero-order chi connectivity index (χ0) is 15.1. The summed E-state index contributed by atoms with van der Waals surface area (Å²) in [5.74, 6) is 0. The van der Waals surface area contributed by atoms with E-state index in [2.05, 4.69) is 60.7 Å². The van der Waals surface area contributed by atoms with E-state index < -0.39 is 0 Å². The molecule has 0 saturated heterocycles. The van der Waals surface area contributed by atoms with Crippen molar-refractivity contribution in [2.24, 2.45) is 5.41 Å². The first-order valence-corrected chi connectivity index (χ1v) is 8.94. The lowest BCUT2D eigenvalue weighted by Crippen LogP contribution is -2.28. The molecular formula is C22H28. The fourth-order valence-corrected chi connectivity index (χ4v) is 4.13. The normalized spacial score (nSPS) is 18.4. The minimum absolute atomic E-state index is 0.461. The topological polar surface area (TPSA) is 0 Å². The Bertz CT molecular complexity index is 489. The van der Waals surface area contributed by atoms with Crippen LogP contribution in [-0.2, 0) is 12.8 Å². The lowest BCUT2D eigenvalue weighted by molar-refractivity contribution is 0.205. The van der Waals surface area contributed by atoms with Gasteiger partial charge < -0.3 is 0 Å². The lowest BCUT2D eigenvalue weighted by Gasteiger charge is -2.36. The van der Waals surface area contributed by atoms with Crippen molar-refractivity contribution in [2.45, 2.75) is 57.8 Å². The van der Waals surface area contributed by atoms with Gasteiger partial charge in [-0.3, -0.25) is 0 Å². The molecule has 1 saturated carbocycles. The largest absolute Gasteiger partial charge is 0.0622 e. The van der Waals surface area contributed by atoms with Gasteiger partial charge in [0, 0.05) is 0 Å². The van der Waals surface area contributed by atoms with Crippen LogP contribution in [0.1, 0.15) is 56.1 Å². The summed E-state index contributed by atoms with van der Waals surface area (Å²) in [6.07, 6.45) is 12.3. The molecule has 0 heterocycles. The standard InChI is InChI=1S/C22H28/c1-2-10-16-22(17-11-3-1,18-20-12-6-4-7-13-20)19-21-14-8-5-9-15-21/h4-9,12-15H,1-3,10-11,16-19H2. The summed E-state index contributed by atoms with van der Waals surface area (Å²) in [4.78, 5) is 0. The van der Waals surface area contributed by atoms with E-state index in [-0.39, 0.29) is 0 Å². The molecule has 0 N–H and O–H groups in total. The third-order valence-electron chi connectivity index (χ3n) is 5.26. The van der Waals surface area contributed by atoms with Gasteiger partial charge in [0.15, 0.2) is 0 Å². The molecule has 0 spiro atoms. The summed E-state index contributed by atoms with van der Waals surface area (Å²) >= 11 is 0. The van der Waals surface area contributed by atoms with Crippen molar-refractivity contribution in [3.63, 3.8) is 0 Å². The predicted octanol–water partition coefficient (Wildman–Crippen LogP) is 6.20. The van der Waals surface area contributed by atoms with Gasteiger partial charge in [-0.1, -0.05) is 92.8 Å². The zero-order valence-corrected chi connectivity index (χ0v) is 13.6. The van der Waals surface area contributed by atoms with E-state index in [0.717, 1.165) is 0 Å². The number of hydrogen-bond donors (Lipinski definition) is 0. The molecule has 116 valence electrons. The highest BCUT2D eigenvalue weighted by Crippen LogP contribution is 2.40. The second kappa shape index (κ2) is 7.63. The van der Waals surface area contributed by atoms with Crippen molar-refractivity contribution in [3.05, 3.63) is 71.8 Å². The van der Waals surface area contributed by atoms with E-state index >= 15 is 0 Å². The van der Waals surface area contributed by atoms with Gasteiger partial charge in [-0.05, 0) is 42.2 Å². The van der Waals surface area contributed by atoms with Gasteiger partial charge in [-0.2, -0.15) is 0 Å². The molecule has 22 heavy (non-hydrogen) atoms. The molecule has 0 bridgehead atoms. The monoisotopic (exact) mass is 292 g/mol. The van der Waals surface area contributed by atoms with Crippen molar-refractivity contribution in [1.82, 2.24) is 0 Å². The predicted molar refractivity (Wildman–Crippen MR) is 95.0 cm³/mol. The Hall–Kier alpha value is -1.56. The van der Waals surface area contributed by atoms with Crippen LogP contribution in [0.4, 0.5) is 0 Å². The third-order valence-corrected chi connectivity index (χ3v) is 5.26. The van der Waals surface area contributed by atoms with Crippen LogP contribution in [0.2, 0.25) is 0 Å². The third kappa shape index (κ3) is 4.22. The van der Waals surface area contributed by atoms with Crippen LogP contribution in [0.3, 0.4) is 0 Å². The Balaban J connectivity index is 1.83. The molecule has 0 amide bonds. The Labute approximate surface area is 135 Å². The van der Waals surface area contributed by atoms with Crippen LogP contribution in [0.15, 0.2) is 60.7 Å². The fourth-order valence-electron chi connectivity index (χ4n) is 4.13. The van der Waals surface area contributed by atoms with E-state index in [1.807, 2.05) is 0 Å². The molecule has 0 heteroatoms. The van der Waals surface area contributed by atoms with Gasteiger partial charge in [0.1, 0.15) is 0 Å². The van der Waals surface area contributed by atoms with Gasteiger partial charge in [-0.25, -0.2) is 0 Å². The van der Waals surface area contributed by atoms with E-state index in [9.17, 15) is 0 Å². The maximum absolute atomic E-state index is 2.31. The van der Waals surface area contributed by atoms with Crippen molar-refractivity contribution in [2.75, 3.05) is 0 Å². The molecule has 2 aromatic carbocycles. The Kier molecular flexibility index (Phi) is 5.32. The van der Waals surface area contributed by atoms with Crippen molar-refractivity contribution in [1.29, 1.82) is 0 Å². The minimum Gasteiger partial charge on any atom is -0.0622 e. The van der Waals surface area contributed by atoms with Crippen molar-refractivity contribution in [3.8, 4) is 0 Å². The van der Waals surface area contributed by atoms with Gasteiger partial charge in [0.25, 0.3) is 0 Å². The van der Waals surface area contributed by atoms with Crippen LogP contribution in [0.25, 0.3) is 0 Å². The van der Waals surface area contributed by atoms with Crippen LogP contribution in [0, 0.1) is 5.41 Å². The van der Waals surface area contributed by atoms with Crippen LogP contribution < -0.4 is 0 Å². The maximum Gasteiger partial charge on any atom is -0.0217 e. The summed E-state index contributed by atoms with van der Waals surface area (Å²) in [6.45, 7) is 0. The Morgan fingerprint density at radius 1 is 0.545 bits per heavy atom. The summed E-state index contributed by atoms with van der Waals surface area (Å²) < 4.78 is 0. The summed E-state index contributed by atoms with van der Waals surface area (Å²) in [5, 5.41) is 0. The summed E-state index contributed by atoms with van der Waals surface area (Å²) in [6, 6.07) is 22.3. The first-order valence-electron chi connectivity index (χ1n) is 8.94. The van der Waals surface area contributed by atoms with E-state index in [1.165, 1.54) is 68.9 Å². The quantitative estimate of drug-likeness (QED) is 0.629. The van der Waals surface area contributed by atoms with Gasteiger partial charge in [-0.15, -0.1) is 0 Å². The van der Waals surface area contributed by atoms with Crippen LogP contribution in [-0.4, -0.2) is 0 Å². The second-order valence-corrected chi connectivity index (χ2v) is 7.09. The van der Waals surface area contributed by atoms with Crippen molar-refractivity contribution < 1.29 is 0 Å². The molecule has 1 fully saturated rings. The molecule has 1 aliphatic carbocycles. The van der Waals surface area contributed by atoms with E-state index in [1.54, 1.807) is 0 Å². The molecule has 0 unspecified atom stereocenters. The molecule has 0 aromatic heterocycles. The SMILES string of the molecule is c1ccc(CC2(Cc3ccccc3)CCCCCCC2)cc1. The smallest absolute Gasteiger partial charge is 0.0217 e. The average molecular weight is 292 g/mol. The van der Waals surface area contributed by atoms with Gasteiger partial charge in [0.05, 0.1) is 0 Å². The molecule has 0 radical (unpaired) electrons. The van der Waals surface area contributed by atoms with Crippen LogP contribution in [0.5, 0.6) is 0 Å². The van der Waals surface area contributed by atoms with Crippen LogP contribution >= 0.6 is 0 Å². The lowest BCUT2D eigenvalue weighted by atomic mass is 9.69. The first kappa shape index (κ1) is 15.3. The first-order chi connectivity index (χ1) is 10.9. The van der Waals surface area contributed by atoms with E-state index in [4.69, 9.17) is 0 Å². The highest BCUT2D eigenvalue weighted by atomic mass is 14.3. The molecule has 0 nitrogen and oxygen atoms in total. The molecule has 0 atom stereocenters.